The summed E-state index contributed by atoms with van der Waals surface area (Å²) in [6, 6.07) is 7.54. The number of benzene rings is 1. The molecule has 1 aromatic carbocycles. The zero-order valence-corrected chi connectivity index (χ0v) is 9.73. The van der Waals surface area contributed by atoms with Crippen LogP contribution in [0.2, 0.25) is 10.2 Å². The smallest absolute Gasteiger partial charge is 0.129 e. The van der Waals surface area contributed by atoms with Crippen LogP contribution in [0.25, 0.3) is 10.9 Å². The molecule has 0 atom stereocenters. The van der Waals surface area contributed by atoms with Crippen molar-refractivity contribution in [3.05, 3.63) is 40.0 Å². The minimum atomic E-state index is 0.486. The van der Waals surface area contributed by atoms with Gasteiger partial charge in [0.2, 0.25) is 0 Å². The number of nitrogens with zero attached hydrogens (tertiary/aromatic N) is 1. The van der Waals surface area contributed by atoms with E-state index in [4.69, 9.17) is 23.2 Å². The number of hydrogen-bond acceptors (Lipinski definition) is 2. The van der Waals surface area contributed by atoms with Crippen LogP contribution in [0.5, 0.6) is 0 Å². The predicted molar refractivity (Wildman–Crippen MR) is 64.5 cm³/mol. The molecule has 0 fully saturated rings. The van der Waals surface area contributed by atoms with Gasteiger partial charge in [0.1, 0.15) is 5.15 Å². The van der Waals surface area contributed by atoms with E-state index in [1.54, 1.807) is 6.07 Å². The summed E-state index contributed by atoms with van der Waals surface area (Å²) >= 11 is 12.1. The molecule has 2 aromatic rings. The van der Waals surface area contributed by atoms with E-state index in [1.807, 2.05) is 25.2 Å². The lowest BCUT2D eigenvalue weighted by atomic mass is 10.1. The van der Waals surface area contributed by atoms with E-state index in [1.165, 1.54) is 0 Å². The number of rotatable bonds is 2. The lowest BCUT2D eigenvalue weighted by molar-refractivity contribution is 0.819. The van der Waals surface area contributed by atoms with Crippen molar-refractivity contribution in [1.29, 1.82) is 0 Å². The van der Waals surface area contributed by atoms with Crippen molar-refractivity contribution in [3.8, 4) is 0 Å². The van der Waals surface area contributed by atoms with Crippen LogP contribution in [0.15, 0.2) is 24.3 Å². The third kappa shape index (κ3) is 2.07. The van der Waals surface area contributed by atoms with Crippen molar-refractivity contribution >= 4 is 34.1 Å². The van der Waals surface area contributed by atoms with Gasteiger partial charge in [-0.1, -0.05) is 29.3 Å². The monoisotopic (exact) mass is 240 g/mol. The minimum absolute atomic E-state index is 0.486. The summed E-state index contributed by atoms with van der Waals surface area (Å²) in [5, 5.41) is 5.24. The first-order chi connectivity index (χ1) is 7.22. The molecule has 0 aliphatic rings. The van der Waals surface area contributed by atoms with Crippen molar-refractivity contribution in [2.75, 3.05) is 7.05 Å². The van der Waals surface area contributed by atoms with Gasteiger partial charge in [-0.2, -0.15) is 0 Å². The third-order valence-corrected chi connectivity index (χ3v) is 2.88. The minimum Gasteiger partial charge on any atom is -0.316 e. The zero-order chi connectivity index (χ0) is 10.8. The SMILES string of the molecule is CNCc1ccc2nc(Cl)ccc2c1Cl. The molecule has 0 radical (unpaired) electrons. The van der Waals surface area contributed by atoms with Gasteiger partial charge in [-0.15, -0.1) is 0 Å². The highest BCUT2D eigenvalue weighted by Crippen LogP contribution is 2.27. The fourth-order valence-electron chi connectivity index (χ4n) is 1.52. The van der Waals surface area contributed by atoms with Crippen LogP contribution in [0.1, 0.15) is 5.56 Å². The largest absolute Gasteiger partial charge is 0.316 e. The average molecular weight is 241 g/mol. The van der Waals surface area contributed by atoms with Gasteiger partial charge in [-0.3, -0.25) is 0 Å². The molecule has 0 amide bonds. The Kier molecular flexibility index (Phi) is 3.10. The van der Waals surface area contributed by atoms with Gasteiger partial charge in [-0.05, 0) is 30.8 Å². The third-order valence-electron chi connectivity index (χ3n) is 2.22. The molecular formula is C11H10Cl2N2. The topological polar surface area (TPSA) is 24.9 Å². The molecule has 0 aliphatic heterocycles. The first-order valence-electron chi connectivity index (χ1n) is 4.60. The Labute approximate surface area is 98.2 Å². The van der Waals surface area contributed by atoms with Gasteiger partial charge >= 0.3 is 0 Å². The molecule has 4 heteroatoms. The van der Waals surface area contributed by atoms with Gasteiger partial charge < -0.3 is 5.32 Å². The highest BCUT2D eigenvalue weighted by molar-refractivity contribution is 6.36. The van der Waals surface area contributed by atoms with E-state index in [0.717, 1.165) is 28.0 Å². The highest BCUT2D eigenvalue weighted by atomic mass is 35.5. The first-order valence-corrected chi connectivity index (χ1v) is 5.36. The van der Waals surface area contributed by atoms with E-state index in [2.05, 4.69) is 10.3 Å². The standard InChI is InChI=1S/C11H10Cl2N2/c1-14-6-7-2-4-9-8(11(7)13)3-5-10(12)15-9/h2-5,14H,6H2,1H3. The number of aromatic nitrogens is 1. The Morgan fingerprint density at radius 1 is 1.20 bits per heavy atom. The molecule has 1 heterocycles. The molecule has 78 valence electrons. The normalized spacial score (nSPS) is 10.9. The van der Waals surface area contributed by atoms with Crippen molar-refractivity contribution < 1.29 is 0 Å². The van der Waals surface area contributed by atoms with Crippen molar-refractivity contribution in [3.63, 3.8) is 0 Å². The molecule has 0 unspecified atom stereocenters. The lowest BCUT2D eigenvalue weighted by Crippen LogP contribution is -2.05. The molecule has 15 heavy (non-hydrogen) atoms. The quantitative estimate of drug-likeness (QED) is 0.816. The van der Waals surface area contributed by atoms with Crippen molar-refractivity contribution in [2.24, 2.45) is 0 Å². The van der Waals surface area contributed by atoms with Gasteiger partial charge in [-0.25, -0.2) is 4.98 Å². The Hall–Kier alpha value is -0.830. The summed E-state index contributed by atoms with van der Waals surface area (Å²) in [6.45, 7) is 0.747. The second-order valence-electron chi connectivity index (χ2n) is 3.27. The molecule has 0 spiro atoms. The Morgan fingerprint density at radius 2 is 2.00 bits per heavy atom. The Bertz CT molecular complexity index is 497. The molecule has 2 rings (SSSR count). The zero-order valence-electron chi connectivity index (χ0n) is 8.22. The van der Waals surface area contributed by atoms with Crippen molar-refractivity contribution in [2.45, 2.75) is 6.54 Å². The molecule has 0 bridgehead atoms. The maximum atomic E-state index is 6.25. The molecular weight excluding hydrogens is 231 g/mol. The van der Waals surface area contributed by atoms with Crippen LogP contribution < -0.4 is 5.32 Å². The molecule has 0 aliphatic carbocycles. The van der Waals surface area contributed by atoms with E-state index >= 15 is 0 Å². The maximum absolute atomic E-state index is 6.25. The number of fused-ring (bicyclic) bond motifs is 1. The van der Waals surface area contributed by atoms with E-state index in [9.17, 15) is 0 Å². The van der Waals surface area contributed by atoms with E-state index < -0.39 is 0 Å². The van der Waals surface area contributed by atoms with Crippen LogP contribution in [0.4, 0.5) is 0 Å². The first kappa shape index (κ1) is 10.7. The van der Waals surface area contributed by atoms with Crippen LogP contribution in [-0.4, -0.2) is 12.0 Å². The summed E-state index contributed by atoms with van der Waals surface area (Å²) in [4.78, 5) is 4.20. The Balaban J connectivity index is 2.63. The summed E-state index contributed by atoms with van der Waals surface area (Å²) in [5.74, 6) is 0. The fraction of sp³-hybridized carbons (Fsp3) is 0.182. The summed E-state index contributed by atoms with van der Waals surface area (Å²) in [7, 11) is 1.89. The fourth-order valence-corrected chi connectivity index (χ4v) is 1.96. The Morgan fingerprint density at radius 3 is 2.73 bits per heavy atom. The summed E-state index contributed by atoms with van der Waals surface area (Å²) < 4.78 is 0. The predicted octanol–water partition coefficient (Wildman–Crippen LogP) is 3.26. The van der Waals surface area contributed by atoms with Crippen molar-refractivity contribution in [1.82, 2.24) is 10.3 Å². The average Bonchev–Trinajstić information content (AvgIpc) is 2.22. The second kappa shape index (κ2) is 4.35. The second-order valence-corrected chi connectivity index (χ2v) is 4.03. The van der Waals surface area contributed by atoms with Crippen LogP contribution in [-0.2, 0) is 6.54 Å². The summed E-state index contributed by atoms with van der Waals surface area (Å²) in [5.41, 5.74) is 1.89. The molecule has 1 N–H and O–H groups in total. The highest BCUT2D eigenvalue weighted by Gasteiger charge is 2.05. The number of nitrogens with one attached hydrogen (secondary N) is 1. The van der Waals surface area contributed by atoms with Gasteiger partial charge in [0.05, 0.1) is 10.5 Å². The number of halogens is 2. The van der Waals surface area contributed by atoms with Crippen LogP contribution >= 0.6 is 23.2 Å². The van der Waals surface area contributed by atoms with Gasteiger partial charge in [0.25, 0.3) is 0 Å². The summed E-state index contributed by atoms with van der Waals surface area (Å²) in [6.07, 6.45) is 0. The van der Waals surface area contributed by atoms with E-state index in [-0.39, 0.29) is 0 Å². The molecule has 1 aromatic heterocycles. The van der Waals surface area contributed by atoms with E-state index in [0.29, 0.717) is 5.15 Å². The number of pyridine rings is 1. The van der Waals surface area contributed by atoms with Crippen LogP contribution in [0.3, 0.4) is 0 Å². The lowest BCUT2D eigenvalue weighted by Gasteiger charge is -2.06. The van der Waals surface area contributed by atoms with Gasteiger partial charge in [0, 0.05) is 11.9 Å². The maximum Gasteiger partial charge on any atom is 0.129 e. The van der Waals surface area contributed by atoms with Gasteiger partial charge in [0.15, 0.2) is 0 Å². The molecule has 2 nitrogen and oxygen atoms in total. The number of hydrogen-bond donors (Lipinski definition) is 1. The molecule has 0 saturated carbocycles. The molecule has 0 saturated heterocycles. The van der Waals surface area contributed by atoms with Crippen LogP contribution in [0, 0.1) is 0 Å².